The van der Waals surface area contributed by atoms with Crippen LogP contribution >= 0.6 is 11.6 Å². The van der Waals surface area contributed by atoms with Gasteiger partial charge in [0.1, 0.15) is 0 Å². The van der Waals surface area contributed by atoms with E-state index in [9.17, 15) is 9.59 Å². The van der Waals surface area contributed by atoms with Crippen molar-refractivity contribution >= 4 is 23.5 Å². The summed E-state index contributed by atoms with van der Waals surface area (Å²) >= 11 is 6.08. The van der Waals surface area contributed by atoms with Crippen LogP contribution < -0.4 is 0 Å². The number of hydrogen-bond acceptors (Lipinski definition) is 3. The van der Waals surface area contributed by atoms with Crippen LogP contribution in [0, 0.1) is 0 Å². The minimum absolute atomic E-state index is 0.154. The van der Waals surface area contributed by atoms with E-state index in [1.807, 2.05) is 0 Å². The largest absolute Gasteiger partial charge is 0.478 e. The number of aromatic carboxylic acids is 1. The first-order chi connectivity index (χ1) is 9.52. The summed E-state index contributed by atoms with van der Waals surface area (Å²) in [6, 6.07) is 11.1. The molecule has 20 heavy (non-hydrogen) atoms. The average molecular weight is 291 g/mol. The molecule has 0 unspecified atom stereocenters. The average Bonchev–Trinajstić information content (AvgIpc) is 2.47. The van der Waals surface area contributed by atoms with Gasteiger partial charge in [0.25, 0.3) is 0 Å². The summed E-state index contributed by atoms with van der Waals surface area (Å²) in [6.07, 6.45) is 0. The Morgan fingerprint density at radius 2 is 1.65 bits per heavy atom. The minimum atomic E-state index is -1.02. The molecule has 0 bridgehead atoms. The molecular formula is C15H11ClO4. The van der Waals surface area contributed by atoms with Gasteiger partial charge < -0.3 is 9.84 Å². The lowest BCUT2D eigenvalue weighted by molar-refractivity contribution is 0.0600. The molecule has 0 heterocycles. The third-order valence-electron chi connectivity index (χ3n) is 2.83. The maximum absolute atomic E-state index is 11.3. The molecule has 2 aromatic carbocycles. The van der Waals surface area contributed by atoms with Crippen LogP contribution in [0.4, 0.5) is 0 Å². The first-order valence-electron chi connectivity index (χ1n) is 5.74. The van der Waals surface area contributed by atoms with Crippen LogP contribution in [0.25, 0.3) is 11.1 Å². The third kappa shape index (κ3) is 2.81. The number of halogens is 1. The Morgan fingerprint density at radius 1 is 1.05 bits per heavy atom. The van der Waals surface area contributed by atoms with Gasteiger partial charge in [-0.2, -0.15) is 0 Å². The van der Waals surface area contributed by atoms with E-state index in [1.54, 1.807) is 24.3 Å². The van der Waals surface area contributed by atoms with Crippen LogP contribution in [0.15, 0.2) is 42.5 Å². The first kappa shape index (κ1) is 14.1. The van der Waals surface area contributed by atoms with Crippen LogP contribution in [-0.4, -0.2) is 24.2 Å². The molecule has 5 heteroatoms. The van der Waals surface area contributed by atoms with Gasteiger partial charge >= 0.3 is 11.9 Å². The van der Waals surface area contributed by atoms with Crippen molar-refractivity contribution in [3.05, 3.63) is 58.6 Å². The molecule has 0 saturated heterocycles. The van der Waals surface area contributed by atoms with E-state index in [1.165, 1.54) is 25.3 Å². The molecule has 0 aliphatic rings. The van der Waals surface area contributed by atoms with E-state index in [4.69, 9.17) is 16.7 Å². The van der Waals surface area contributed by atoms with E-state index in [2.05, 4.69) is 4.74 Å². The topological polar surface area (TPSA) is 63.6 Å². The lowest BCUT2D eigenvalue weighted by Crippen LogP contribution is -2.00. The molecule has 2 rings (SSSR count). The fraction of sp³-hybridized carbons (Fsp3) is 0.0667. The molecule has 0 fully saturated rings. The number of hydrogen-bond donors (Lipinski definition) is 1. The van der Waals surface area contributed by atoms with Gasteiger partial charge in [0.2, 0.25) is 0 Å². The number of carbonyl (C=O) groups is 2. The Morgan fingerprint density at radius 3 is 2.20 bits per heavy atom. The van der Waals surface area contributed by atoms with E-state index in [0.717, 1.165) is 5.56 Å². The van der Waals surface area contributed by atoms with Gasteiger partial charge in [0.05, 0.1) is 18.2 Å². The highest BCUT2D eigenvalue weighted by Crippen LogP contribution is 2.29. The lowest BCUT2D eigenvalue weighted by atomic mass is 10.0. The molecule has 4 nitrogen and oxygen atoms in total. The maximum Gasteiger partial charge on any atom is 0.337 e. The second-order valence-electron chi connectivity index (χ2n) is 4.07. The molecule has 0 spiro atoms. The molecule has 0 aliphatic carbocycles. The van der Waals surface area contributed by atoms with Gasteiger partial charge in [-0.1, -0.05) is 23.7 Å². The fourth-order valence-electron chi connectivity index (χ4n) is 1.78. The number of carbonyl (C=O) groups excluding carboxylic acids is 1. The van der Waals surface area contributed by atoms with E-state index < -0.39 is 11.9 Å². The number of ether oxygens (including phenoxy) is 1. The summed E-state index contributed by atoms with van der Waals surface area (Å²) in [5, 5.41) is 9.44. The van der Waals surface area contributed by atoms with Crippen molar-refractivity contribution in [2.24, 2.45) is 0 Å². The van der Waals surface area contributed by atoms with Crippen molar-refractivity contribution in [1.29, 1.82) is 0 Å². The van der Waals surface area contributed by atoms with E-state index in [-0.39, 0.29) is 5.56 Å². The number of methoxy groups -OCH3 is 1. The fourth-order valence-corrected chi connectivity index (χ4v) is 2.01. The second-order valence-corrected chi connectivity index (χ2v) is 4.48. The first-order valence-corrected chi connectivity index (χ1v) is 6.12. The zero-order valence-corrected chi connectivity index (χ0v) is 11.3. The summed E-state index contributed by atoms with van der Waals surface area (Å²) in [6.45, 7) is 0. The second kappa shape index (κ2) is 5.75. The van der Waals surface area contributed by atoms with Gasteiger partial charge in [0, 0.05) is 10.6 Å². The van der Waals surface area contributed by atoms with Crippen LogP contribution in [0.5, 0.6) is 0 Å². The third-order valence-corrected chi connectivity index (χ3v) is 3.16. The lowest BCUT2D eigenvalue weighted by Gasteiger charge is -2.07. The smallest absolute Gasteiger partial charge is 0.337 e. The van der Waals surface area contributed by atoms with E-state index in [0.29, 0.717) is 16.1 Å². The highest BCUT2D eigenvalue weighted by atomic mass is 35.5. The summed E-state index contributed by atoms with van der Waals surface area (Å²) in [4.78, 5) is 22.3. The number of rotatable bonds is 3. The van der Waals surface area contributed by atoms with Crippen molar-refractivity contribution in [2.45, 2.75) is 0 Å². The quantitative estimate of drug-likeness (QED) is 0.879. The van der Waals surface area contributed by atoms with Crippen molar-refractivity contribution in [1.82, 2.24) is 0 Å². The summed E-state index contributed by atoms with van der Waals surface area (Å²) in [5.74, 6) is -1.45. The van der Waals surface area contributed by atoms with Crippen molar-refractivity contribution < 1.29 is 19.4 Å². The number of esters is 1. The SMILES string of the molecule is COC(=O)c1ccc(-c2cc(C(=O)O)ccc2Cl)cc1. The molecule has 2 aromatic rings. The molecule has 0 aliphatic heterocycles. The van der Waals surface area contributed by atoms with Gasteiger partial charge in [-0.3, -0.25) is 0 Å². The van der Waals surface area contributed by atoms with Crippen LogP contribution in [-0.2, 0) is 4.74 Å². The molecule has 102 valence electrons. The Bertz CT molecular complexity index is 662. The predicted molar refractivity (Wildman–Crippen MR) is 75.2 cm³/mol. The van der Waals surface area contributed by atoms with Gasteiger partial charge in [0.15, 0.2) is 0 Å². The zero-order valence-electron chi connectivity index (χ0n) is 10.6. The van der Waals surface area contributed by atoms with Crippen molar-refractivity contribution in [3.8, 4) is 11.1 Å². The Kier molecular flexibility index (Phi) is 4.05. The standard InChI is InChI=1S/C15H11ClO4/c1-20-15(19)10-4-2-9(3-5-10)12-8-11(14(17)18)6-7-13(12)16/h2-8H,1H3,(H,17,18). The minimum Gasteiger partial charge on any atom is -0.478 e. The zero-order chi connectivity index (χ0) is 14.7. The van der Waals surface area contributed by atoms with Crippen LogP contribution in [0.3, 0.4) is 0 Å². The molecular weight excluding hydrogens is 280 g/mol. The molecule has 0 aromatic heterocycles. The predicted octanol–water partition coefficient (Wildman–Crippen LogP) is 3.49. The monoisotopic (exact) mass is 290 g/mol. The summed E-state index contributed by atoms with van der Waals surface area (Å²) in [5.41, 5.74) is 1.90. The highest BCUT2D eigenvalue weighted by molar-refractivity contribution is 6.33. The van der Waals surface area contributed by atoms with Crippen molar-refractivity contribution in [3.63, 3.8) is 0 Å². The molecule has 0 amide bonds. The van der Waals surface area contributed by atoms with Gasteiger partial charge in [-0.05, 0) is 35.9 Å². The van der Waals surface area contributed by atoms with Crippen molar-refractivity contribution in [2.75, 3.05) is 7.11 Å². The number of carboxylic acid groups (broad SMARTS) is 1. The highest BCUT2D eigenvalue weighted by Gasteiger charge is 2.10. The number of carboxylic acids is 1. The summed E-state index contributed by atoms with van der Waals surface area (Å²) in [7, 11) is 1.31. The van der Waals surface area contributed by atoms with E-state index >= 15 is 0 Å². The molecule has 0 radical (unpaired) electrons. The van der Waals surface area contributed by atoms with Crippen LogP contribution in [0.2, 0.25) is 5.02 Å². The molecule has 0 saturated carbocycles. The van der Waals surface area contributed by atoms with Gasteiger partial charge in [-0.25, -0.2) is 9.59 Å². The normalized spacial score (nSPS) is 10.1. The Hall–Kier alpha value is -2.33. The Labute approximate surface area is 120 Å². The number of benzene rings is 2. The summed E-state index contributed by atoms with van der Waals surface area (Å²) < 4.78 is 4.61. The maximum atomic E-state index is 11.3. The molecule has 0 atom stereocenters. The van der Waals surface area contributed by atoms with Gasteiger partial charge in [-0.15, -0.1) is 0 Å². The van der Waals surface area contributed by atoms with Crippen LogP contribution in [0.1, 0.15) is 20.7 Å². The Balaban J connectivity index is 2.43. The molecule has 1 N–H and O–H groups in total.